The Bertz CT molecular complexity index is 1160. The first kappa shape index (κ1) is 22.0. The van der Waals surface area contributed by atoms with E-state index in [1.807, 2.05) is 5.32 Å². The van der Waals surface area contributed by atoms with Gasteiger partial charge in [0.1, 0.15) is 11.3 Å². The number of thiocarbonyl (C=S) groups is 1. The lowest BCUT2D eigenvalue weighted by atomic mass is 10.1. The van der Waals surface area contributed by atoms with E-state index in [1.165, 1.54) is 7.11 Å². The quantitative estimate of drug-likeness (QED) is 0.322. The minimum Gasteiger partial charge on any atom is -0.495 e. The molecule has 30 heavy (non-hydrogen) atoms. The van der Waals surface area contributed by atoms with Crippen molar-refractivity contribution in [1.82, 2.24) is 10.3 Å². The Labute approximate surface area is 180 Å². The smallest absolute Gasteiger partial charge is 0.263 e. The highest BCUT2D eigenvalue weighted by atomic mass is 35.5. The van der Waals surface area contributed by atoms with E-state index in [1.54, 1.807) is 12.1 Å². The van der Waals surface area contributed by atoms with E-state index in [0.29, 0.717) is 21.0 Å². The number of methoxy groups -OCH3 is 2. The molecule has 6 nitrogen and oxygen atoms in total. The fourth-order valence-electron chi connectivity index (χ4n) is 2.42. The fraction of sp³-hybridized carbons (Fsp3) is 0.118. The van der Waals surface area contributed by atoms with Gasteiger partial charge < -0.3 is 14.8 Å². The van der Waals surface area contributed by atoms with Crippen LogP contribution in [-0.4, -0.2) is 30.2 Å². The molecular weight excluding hydrogens is 470 g/mol. The summed E-state index contributed by atoms with van der Waals surface area (Å²) in [7, 11) is 2.26. The molecule has 3 aromatic rings. The van der Waals surface area contributed by atoms with Crippen LogP contribution in [-0.2, 0) is 0 Å². The Kier molecular flexibility index (Phi) is 6.29. The van der Waals surface area contributed by atoms with Crippen LogP contribution in [0, 0.1) is 23.3 Å². The van der Waals surface area contributed by atoms with Gasteiger partial charge in [-0.25, -0.2) is 13.8 Å². The minimum atomic E-state index is -1.92. The zero-order valence-corrected chi connectivity index (χ0v) is 17.4. The number of thiazole rings is 1. The summed E-state index contributed by atoms with van der Waals surface area (Å²) in [6, 6.07) is 3.18. The lowest BCUT2D eigenvalue weighted by molar-refractivity contribution is 0.0966. The average molecular weight is 480 g/mol. The molecule has 0 fully saturated rings. The molecule has 0 atom stereocenters. The monoisotopic (exact) mass is 479 g/mol. The molecule has 1 aromatic heterocycles. The van der Waals surface area contributed by atoms with Crippen molar-refractivity contribution in [2.24, 2.45) is 0 Å². The number of nitrogens with zero attached hydrogens (tertiary/aromatic N) is 1. The van der Waals surface area contributed by atoms with Gasteiger partial charge in [0.05, 0.1) is 29.5 Å². The Balaban J connectivity index is 1.82. The number of anilines is 1. The minimum absolute atomic E-state index is 0.215. The third-order valence-corrected chi connectivity index (χ3v) is 5.20. The summed E-state index contributed by atoms with van der Waals surface area (Å²) < 4.78 is 65.7. The van der Waals surface area contributed by atoms with E-state index < -0.39 is 45.6 Å². The molecule has 1 heterocycles. The largest absolute Gasteiger partial charge is 0.495 e. The molecule has 0 aliphatic rings. The molecule has 0 bridgehead atoms. The molecule has 3 rings (SSSR count). The van der Waals surface area contributed by atoms with Crippen LogP contribution < -0.4 is 20.1 Å². The van der Waals surface area contributed by atoms with Crippen LogP contribution in [0.4, 0.5) is 22.7 Å². The van der Waals surface area contributed by atoms with Crippen molar-refractivity contribution in [3.63, 3.8) is 0 Å². The van der Waals surface area contributed by atoms with Gasteiger partial charge >= 0.3 is 0 Å². The number of aromatic nitrogens is 1. The van der Waals surface area contributed by atoms with Crippen molar-refractivity contribution in [1.29, 1.82) is 0 Å². The van der Waals surface area contributed by atoms with Crippen molar-refractivity contribution in [2.45, 2.75) is 0 Å². The van der Waals surface area contributed by atoms with Gasteiger partial charge in [0, 0.05) is 6.07 Å². The first-order chi connectivity index (χ1) is 14.2. The first-order valence-corrected chi connectivity index (χ1v) is 9.44. The number of hydrogen-bond donors (Lipinski definition) is 2. The second-order valence-electron chi connectivity index (χ2n) is 5.55. The maximum absolute atomic E-state index is 14.0. The van der Waals surface area contributed by atoms with Crippen LogP contribution in [0.25, 0.3) is 10.2 Å². The highest BCUT2D eigenvalue weighted by molar-refractivity contribution is 7.80. The van der Waals surface area contributed by atoms with Crippen LogP contribution in [0.1, 0.15) is 10.4 Å². The Morgan fingerprint density at radius 3 is 2.30 bits per heavy atom. The second-order valence-corrected chi connectivity index (χ2v) is 7.39. The number of nitrogens with one attached hydrogen (secondary N) is 2. The van der Waals surface area contributed by atoms with Gasteiger partial charge in [-0.2, -0.15) is 8.78 Å². The summed E-state index contributed by atoms with van der Waals surface area (Å²) in [5.41, 5.74) is -0.991. The summed E-state index contributed by atoms with van der Waals surface area (Å²) in [4.78, 5) is 16.3. The molecule has 0 spiro atoms. The van der Waals surface area contributed by atoms with Gasteiger partial charge in [-0.15, -0.1) is 0 Å². The van der Waals surface area contributed by atoms with E-state index in [-0.39, 0.29) is 5.13 Å². The maximum Gasteiger partial charge on any atom is 0.263 e. The van der Waals surface area contributed by atoms with Crippen LogP contribution in [0.5, 0.6) is 11.5 Å². The Morgan fingerprint density at radius 2 is 1.73 bits per heavy atom. The highest BCUT2D eigenvalue weighted by Gasteiger charge is 2.30. The molecule has 0 saturated carbocycles. The van der Waals surface area contributed by atoms with Crippen LogP contribution >= 0.6 is 35.2 Å². The molecule has 0 saturated heterocycles. The number of rotatable bonds is 4. The summed E-state index contributed by atoms with van der Waals surface area (Å²) in [5, 5.41) is 4.62. The predicted octanol–water partition coefficient (Wildman–Crippen LogP) is 4.65. The Morgan fingerprint density at radius 1 is 1.10 bits per heavy atom. The van der Waals surface area contributed by atoms with E-state index in [2.05, 4.69) is 15.0 Å². The van der Waals surface area contributed by atoms with Gasteiger partial charge in [0.25, 0.3) is 5.91 Å². The number of benzene rings is 2. The molecule has 2 N–H and O–H groups in total. The van der Waals surface area contributed by atoms with Crippen molar-refractivity contribution < 1.29 is 31.8 Å². The van der Waals surface area contributed by atoms with Crippen LogP contribution in [0.2, 0.25) is 5.02 Å². The average Bonchev–Trinajstić information content (AvgIpc) is 3.06. The van der Waals surface area contributed by atoms with E-state index in [4.69, 9.17) is 28.6 Å². The van der Waals surface area contributed by atoms with Gasteiger partial charge in [0.15, 0.2) is 27.6 Å². The normalized spacial score (nSPS) is 10.8. The number of amides is 1. The molecule has 0 radical (unpaired) electrons. The molecule has 2 aromatic carbocycles. The number of carbonyl (C=O) groups excluding carboxylic acids is 1. The van der Waals surface area contributed by atoms with E-state index in [9.17, 15) is 22.4 Å². The van der Waals surface area contributed by atoms with E-state index >= 15 is 0 Å². The van der Waals surface area contributed by atoms with Gasteiger partial charge in [-0.05, 0) is 18.3 Å². The number of ether oxygens (including phenoxy) is 2. The molecule has 13 heteroatoms. The third kappa shape index (κ3) is 3.98. The number of carbonyl (C=O) groups is 1. The van der Waals surface area contributed by atoms with Crippen molar-refractivity contribution >= 4 is 61.5 Å². The maximum atomic E-state index is 14.0. The highest BCUT2D eigenvalue weighted by Crippen LogP contribution is 2.34. The summed E-state index contributed by atoms with van der Waals surface area (Å²) in [5.74, 6) is -9.92. The second kappa shape index (κ2) is 8.58. The molecule has 1 amide bonds. The third-order valence-electron chi connectivity index (χ3n) is 3.76. The zero-order valence-electron chi connectivity index (χ0n) is 15.0. The molecule has 0 aliphatic heterocycles. The van der Waals surface area contributed by atoms with Crippen molar-refractivity contribution in [3.05, 3.63) is 46.0 Å². The summed E-state index contributed by atoms with van der Waals surface area (Å²) in [6.45, 7) is 0. The predicted molar refractivity (Wildman–Crippen MR) is 108 cm³/mol. The van der Waals surface area contributed by atoms with Crippen LogP contribution in [0.3, 0.4) is 0 Å². The van der Waals surface area contributed by atoms with Gasteiger partial charge in [-0.1, -0.05) is 22.9 Å². The number of halogens is 5. The first-order valence-electron chi connectivity index (χ1n) is 7.84. The van der Waals surface area contributed by atoms with Gasteiger partial charge in [0.2, 0.25) is 11.6 Å². The molecular formula is C17H10ClF4N3O3S2. The van der Waals surface area contributed by atoms with Crippen molar-refractivity contribution in [2.75, 3.05) is 19.5 Å². The zero-order chi connectivity index (χ0) is 22.2. The summed E-state index contributed by atoms with van der Waals surface area (Å²) in [6.07, 6.45) is 0. The SMILES string of the molecule is COc1cc2sc(NC(=S)NC(=O)c3c(F)c(F)c(OC)c(F)c3F)nc2cc1Cl. The topological polar surface area (TPSA) is 72.5 Å². The van der Waals surface area contributed by atoms with Crippen LogP contribution in [0.15, 0.2) is 12.1 Å². The fourth-order valence-corrected chi connectivity index (χ4v) is 3.79. The Hall–Kier alpha value is -2.70. The van der Waals surface area contributed by atoms with E-state index in [0.717, 1.165) is 18.4 Å². The number of hydrogen-bond acceptors (Lipinski definition) is 6. The number of fused-ring (bicyclic) bond motifs is 1. The lowest BCUT2D eigenvalue weighted by Crippen LogP contribution is -2.35. The molecule has 0 unspecified atom stereocenters. The standard InChI is InChI=1S/C17H10ClF4N3O3S2/c1-27-7-4-8-6(3-5(7)18)23-17(30-8)25-16(29)24-15(26)9-10(19)12(21)14(28-2)13(22)11(9)20/h3-4H,1-2H3,(H2,23,24,25,26,29). The van der Waals surface area contributed by atoms with Crippen molar-refractivity contribution in [3.8, 4) is 11.5 Å². The molecule has 0 aliphatic carbocycles. The lowest BCUT2D eigenvalue weighted by Gasteiger charge is -2.11. The molecule has 158 valence electrons. The van der Waals surface area contributed by atoms with Gasteiger partial charge in [-0.3, -0.25) is 10.1 Å². The summed E-state index contributed by atoms with van der Waals surface area (Å²) >= 11 is 12.1.